The standard InChI is InChI=1S/C22H23N7O10S2/c1-3-9(4-12-18(21(34)35)25-11-6-15(31)14(30)5-10(11)24-12)39-28-17(13-7-40-22(23)26-13)19(32)27-16-8(2)29(20(16)33)41(36,37)38/h5-9,16,30-31H,3-4H2,1-2H3,(H2,23,26)(H,27,32)(H,34,35)(H,36,37,38). The molecule has 0 spiro atoms. The number of aromatic carboxylic acids is 1. The van der Waals surface area contributed by atoms with Crippen molar-refractivity contribution in [1.29, 1.82) is 0 Å². The van der Waals surface area contributed by atoms with E-state index in [-0.39, 0.29) is 44.7 Å². The molecule has 218 valence electrons. The Morgan fingerprint density at radius 3 is 2.37 bits per heavy atom. The molecule has 1 saturated heterocycles. The third-order valence-electron chi connectivity index (χ3n) is 6.06. The van der Waals surface area contributed by atoms with Crippen molar-refractivity contribution in [2.45, 2.75) is 44.9 Å². The first-order valence-electron chi connectivity index (χ1n) is 11.7. The van der Waals surface area contributed by atoms with Gasteiger partial charge in [0.05, 0.1) is 22.8 Å². The van der Waals surface area contributed by atoms with Gasteiger partial charge in [-0.3, -0.25) is 14.1 Å². The Hall–Kier alpha value is -4.62. The summed E-state index contributed by atoms with van der Waals surface area (Å²) in [5.74, 6) is -4.41. The van der Waals surface area contributed by atoms with Gasteiger partial charge in [-0.2, -0.15) is 8.42 Å². The Labute approximate surface area is 235 Å². The lowest BCUT2D eigenvalue weighted by Crippen LogP contribution is -2.71. The van der Waals surface area contributed by atoms with Crippen LogP contribution in [0.4, 0.5) is 5.13 Å². The topological polar surface area (TPSA) is 268 Å². The Morgan fingerprint density at radius 1 is 1.22 bits per heavy atom. The maximum atomic E-state index is 13.1. The fourth-order valence-electron chi connectivity index (χ4n) is 3.94. The highest BCUT2D eigenvalue weighted by Crippen LogP contribution is 2.29. The molecule has 3 heterocycles. The minimum atomic E-state index is -4.81. The van der Waals surface area contributed by atoms with Crippen LogP contribution in [0.1, 0.15) is 42.1 Å². The minimum absolute atomic E-state index is 0.0158. The summed E-state index contributed by atoms with van der Waals surface area (Å²) in [5, 5.41) is 36.9. The van der Waals surface area contributed by atoms with Gasteiger partial charge in [-0.25, -0.2) is 24.1 Å². The highest BCUT2D eigenvalue weighted by molar-refractivity contribution is 7.84. The third-order valence-corrected chi connectivity index (χ3v) is 7.74. The van der Waals surface area contributed by atoms with Gasteiger partial charge in [-0.1, -0.05) is 12.1 Å². The molecule has 2 aromatic heterocycles. The number of carboxylic acid groups (broad SMARTS) is 1. The molecule has 4 rings (SSSR count). The number of anilines is 1. The molecule has 2 amide bonds. The van der Waals surface area contributed by atoms with E-state index in [9.17, 15) is 42.7 Å². The van der Waals surface area contributed by atoms with Crippen LogP contribution in [0.5, 0.6) is 11.5 Å². The molecule has 0 saturated carbocycles. The lowest BCUT2D eigenvalue weighted by Gasteiger charge is -2.42. The number of hydrogen-bond donors (Lipinski definition) is 6. The van der Waals surface area contributed by atoms with E-state index in [4.69, 9.17) is 10.6 Å². The molecule has 41 heavy (non-hydrogen) atoms. The summed E-state index contributed by atoms with van der Waals surface area (Å²) in [6.07, 6.45) is -0.760. The van der Waals surface area contributed by atoms with Crippen molar-refractivity contribution in [3.05, 3.63) is 34.6 Å². The fourth-order valence-corrected chi connectivity index (χ4v) is 5.37. The van der Waals surface area contributed by atoms with Crippen molar-refractivity contribution < 1.29 is 47.5 Å². The van der Waals surface area contributed by atoms with Gasteiger partial charge in [-0.15, -0.1) is 11.3 Å². The number of phenolic OH excluding ortho intramolecular Hbond substituents is 2. The van der Waals surface area contributed by atoms with Crippen molar-refractivity contribution in [3.8, 4) is 11.5 Å². The quantitative estimate of drug-likeness (QED) is 0.0582. The molecule has 17 nitrogen and oxygen atoms in total. The molecule has 0 aliphatic carbocycles. The van der Waals surface area contributed by atoms with E-state index in [0.29, 0.717) is 0 Å². The summed E-state index contributed by atoms with van der Waals surface area (Å²) >= 11 is 0.986. The highest BCUT2D eigenvalue weighted by Gasteiger charge is 2.51. The number of nitrogens with one attached hydrogen (secondary N) is 1. The van der Waals surface area contributed by atoms with E-state index in [1.165, 1.54) is 12.3 Å². The number of carbonyl (C=O) groups is 3. The number of oxime groups is 1. The lowest BCUT2D eigenvalue weighted by atomic mass is 10.0. The molecule has 3 atom stereocenters. The number of fused-ring (bicyclic) bond motifs is 1. The summed E-state index contributed by atoms with van der Waals surface area (Å²) in [4.78, 5) is 55.0. The van der Waals surface area contributed by atoms with Crippen molar-refractivity contribution in [1.82, 2.24) is 24.6 Å². The SMILES string of the molecule is CCC(Cc1nc2cc(O)c(O)cc2nc1C(=O)O)ON=C(C(=O)NC1C(=O)N(S(=O)(=O)O)C1C)c1csc(N)n1. The zero-order valence-corrected chi connectivity index (χ0v) is 22.9. The number of benzene rings is 1. The second kappa shape index (κ2) is 11.1. The summed E-state index contributed by atoms with van der Waals surface area (Å²) in [5.41, 5.74) is 4.93. The Balaban J connectivity index is 1.60. The van der Waals surface area contributed by atoms with Crippen LogP contribution in [-0.4, -0.2) is 89.2 Å². The maximum Gasteiger partial charge on any atom is 0.362 e. The van der Waals surface area contributed by atoms with Crippen molar-refractivity contribution in [3.63, 3.8) is 0 Å². The number of β-lactam (4-membered cyclic amide) rings is 1. The van der Waals surface area contributed by atoms with Gasteiger partial charge in [0.2, 0.25) is 0 Å². The van der Waals surface area contributed by atoms with Gasteiger partial charge in [0.1, 0.15) is 17.8 Å². The first kappa shape index (κ1) is 29.4. The number of nitrogens with two attached hydrogens (primary N) is 1. The first-order valence-corrected chi connectivity index (χ1v) is 14.0. The molecular formula is C22H23N7O10S2. The molecule has 0 radical (unpaired) electrons. The lowest BCUT2D eigenvalue weighted by molar-refractivity contribution is -0.143. The summed E-state index contributed by atoms with van der Waals surface area (Å²) in [7, 11) is -4.81. The summed E-state index contributed by atoms with van der Waals surface area (Å²) in [6.45, 7) is 2.99. The summed E-state index contributed by atoms with van der Waals surface area (Å²) < 4.78 is 32.1. The molecular weight excluding hydrogens is 586 g/mol. The number of carbonyl (C=O) groups excluding carboxylic acids is 2. The van der Waals surface area contributed by atoms with Gasteiger partial charge in [-0.05, 0) is 13.3 Å². The number of aromatic hydroxyl groups is 2. The number of nitrogen functional groups attached to an aromatic ring is 1. The number of phenols is 2. The molecule has 3 aromatic rings. The molecule has 0 bridgehead atoms. The number of aromatic nitrogens is 3. The number of amides is 2. The van der Waals surface area contributed by atoms with Gasteiger partial charge in [0.25, 0.3) is 11.8 Å². The predicted molar refractivity (Wildman–Crippen MR) is 142 cm³/mol. The van der Waals surface area contributed by atoms with E-state index in [0.717, 1.165) is 23.5 Å². The van der Waals surface area contributed by atoms with Crippen LogP contribution in [0, 0.1) is 0 Å². The zero-order chi connectivity index (χ0) is 30.2. The van der Waals surface area contributed by atoms with Crippen LogP contribution in [0.15, 0.2) is 22.7 Å². The van der Waals surface area contributed by atoms with E-state index < -0.39 is 69.2 Å². The third kappa shape index (κ3) is 5.95. The highest BCUT2D eigenvalue weighted by atomic mass is 32.2. The second-order valence-electron chi connectivity index (χ2n) is 8.81. The molecule has 19 heteroatoms. The van der Waals surface area contributed by atoms with Gasteiger partial charge < -0.3 is 31.2 Å². The number of rotatable bonds is 10. The van der Waals surface area contributed by atoms with Crippen LogP contribution in [0.25, 0.3) is 11.0 Å². The Bertz CT molecular complexity index is 1690. The minimum Gasteiger partial charge on any atom is -0.504 e. The Kier molecular flexibility index (Phi) is 7.95. The summed E-state index contributed by atoms with van der Waals surface area (Å²) in [6, 6.07) is -0.197. The van der Waals surface area contributed by atoms with Gasteiger partial charge in [0.15, 0.2) is 28.0 Å². The first-order chi connectivity index (χ1) is 19.2. The van der Waals surface area contributed by atoms with Crippen molar-refractivity contribution in [2.75, 3.05) is 5.73 Å². The predicted octanol–water partition coefficient (Wildman–Crippen LogP) is 0.0382. The molecule has 1 aromatic carbocycles. The van der Waals surface area contributed by atoms with Gasteiger partial charge >= 0.3 is 16.3 Å². The number of nitrogens with zero attached hydrogens (tertiary/aromatic N) is 5. The number of hydrogen-bond acceptors (Lipinski definition) is 14. The smallest absolute Gasteiger partial charge is 0.362 e. The van der Waals surface area contributed by atoms with Crippen LogP contribution in [0.3, 0.4) is 0 Å². The van der Waals surface area contributed by atoms with Crippen LogP contribution in [-0.2, 0) is 31.2 Å². The molecule has 1 aliphatic rings. The van der Waals surface area contributed by atoms with E-state index in [2.05, 4.69) is 25.4 Å². The number of carboxylic acids is 1. The molecule has 1 aliphatic heterocycles. The monoisotopic (exact) mass is 609 g/mol. The average Bonchev–Trinajstić information content (AvgIpc) is 3.32. The zero-order valence-electron chi connectivity index (χ0n) is 21.2. The Morgan fingerprint density at radius 2 is 1.85 bits per heavy atom. The molecule has 3 unspecified atom stereocenters. The van der Waals surface area contributed by atoms with E-state index in [1.54, 1.807) is 6.92 Å². The number of thiazole rings is 1. The van der Waals surface area contributed by atoms with E-state index >= 15 is 0 Å². The van der Waals surface area contributed by atoms with Crippen molar-refractivity contribution >= 4 is 61.3 Å². The normalized spacial score (nSPS) is 18.2. The average molecular weight is 610 g/mol. The maximum absolute atomic E-state index is 13.1. The van der Waals surface area contributed by atoms with Crippen molar-refractivity contribution in [2.24, 2.45) is 5.16 Å². The van der Waals surface area contributed by atoms with E-state index in [1.807, 2.05) is 0 Å². The van der Waals surface area contributed by atoms with Crippen LogP contribution in [0.2, 0.25) is 0 Å². The fraction of sp³-hybridized carbons (Fsp3) is 0.318. The van der Waals surface area contributed by atoms with Gasteiger partial charge in [0, 0.05) is 23.9 Å². The van der Waals surface area contributed by atoms with Crippen LogP contribution < -0.4 is 11.1 Å². The largest absolute Gasteiger partial charge is 0.504 e. The molecule has 7 N–H and O–H groups in total. The molecule has 1 fully saturated rings. The second-order valence-corrected chi connectivity index (χ2v) is 11.0. The van der Waals surface area contributed by atoms with Crippen LogP contribution >= 0.6 is 11.3 Å².